The summed E-state index contributed by atoms with van der Waals surface area (Å²) in [6, 6.07) is 6.70. The molecule has 0 saturated carbocycles. The Morgan fingerprint density at radius 3 is 2.05 bits per heavy atom. The van der Waals surface area contributed by atoms with Crippen LogP contribution < -0.4 is 4.74 Å². The van der Waals surface area contributed by atoms with Gasteiger partial charge in [0.25, 0.3) is 0 Å². The van der Waals surface area contributed by atoms with Crippen molar-refractivity contribution in [2.24, 2.45) is 0 Å². The molecule has 0 atom stereocenters. The summed E-state index contributed by atoms with van der Waals surface area (Å²) in [5.41, 5.74) is 2.17. The maximum Gasteiger partial charge on any atom is 0.314 e. The Kier molecular flexibility index (Phi) is 4.40. The molecule has 0 fully saturated rings. The first-order chi connectivity index (χ1) is 9.79. The van der Waals surface area contributed by atoms with Crippen molar-refractivity contribution >= 4 is 28.9 Å². The zero-order valence-corrected chi connectivity index (χ0v) is 13.2. The SMILES string of the molecule is Cc1cc(Cl)c(Oc2cc(C)cc(C)c2[N+](=O)[O-])c(Cl)c1. The van der Waals surface area contributed by atoms with Crippen LogP contribution in [0.25, 0.3) is 0 Å². The molecule has 0 bridgehead atoms. The summed E-state index contributed by atoms with van der Waals surface area (Å²) >= 11 is 12.2. The van der Waals surface area contributed by atoms with E-state index in [1.165, 1.54) is 0 Å². The van der Waals surface area contributed by atoms with Gasteiger partial charge < -0.3 is 4.74 Å². The number of hydrogen-bond donors (Lipinski definition) is 0. The number of halogens is 2. The second-order valence-corrected chi connectivity index (χ2v) is 5.66. The van der Waals surface area contributed by atoms with Gasteiger partial charge in [0.2, 0.25) is 5.75 Å². The Morgan fingerprint density at radius 2 is 1.52 bits per heavy atom. The number of benzene rings is 2. The average molecular weight is 326 g/mol. The summed E-state index contributed by atoms with van der Waals surface area (Å²) in [6.45, 7) is 5.35. The van der Waals surface area contributed by atoms with Crippen LogP contribution in [0.4, 0.5) is 5.69 Å². The molecule has 21 heavy (non-hydrogen) atoms. The maximum atomic E-state index is 11.2. The van der Waals surface area contributed by atoms with Gasteiger partial charge in [-0.05, 0) is 56.2 Å². The molecule has 0 unspecified atom stereocenters. The minimum Gasteiger partial charge on any atom is -0.447 e. The summed E-state index contributed by atoms with van der Waals surface area (Å²) < 4.78 is 5.64. The lowest BCUT2D eigenvalue weighted by Gasteiger charge is -2.12. The first-order valence-corrected chi connectivity index (χ1v) is 6.94. The van der Waals surface area contributed by atoms with Gasteiger partial charge in [0.15, 0.2) is 5.75 Å². The number of nitrogens with zero attached hydrogens (tertiary/aromatic N) is 1. The van der Waals surface area contributed by atoms with Crippen LogP contribution in [0.15, 0.2) is 24.3 Å². The predicted octanol–water partition coefficient (Wildman–Crippen LogP) is 5.62. The maximum absolute atomic E-state index is 11.2. The van der Waals surface area contributed by atoms with E-state index in [9.17, 15) is 10.1 Å². The van der Waals surface area contributed by atoms with E-state index in [-0.39, 0.29) is 17.2 Å². The zero-order valence-electron chi connectivity index (χ0n) is 11.7. The highest BCUT2D eigenvalue weighted by Crippen LogP contribution is 2.41. The van der Waals surface area contributed by atoms with E-state index in [0.717, 1.165) is 11.1 Å². The van der Waals surface area contributed by atoms with Gasteiger partial charge in [-0.2, -0.15) is 0 Å². The molecule has 0 aliphatic heterocycles. The van der Waals surface area contributed by atoms with Crippen LogP contribution in [0.3, 0.4) is 0 Å². The quantitative estimate of drug-likeness (QED) is 0.543. The Labute approximate surface area is 132 Å². The van der Waals surface area contributed by atoms with Gasteiger partial charge in [0.05, 0.1) is 15.0 Å². The van der Waals surface area contributed by atoms with Crippen LogP contribution in [0.2, 0.25) is 10.0 Å². The van der Waals surface area contributed by atoms with E-state index in [1.807, 2.05) is 13.8 Å². The molecule has 0 aliphatic carbocycles. The molecule has 2 rings (SSSR count). The molecule has 2 aromatic rings. The molecule has 4 nitrogen and oxygen atoms in total. The van der Waals surface area contributed by atoms with Gasteiger partial charge in [-0.25, -0.2) is 0 Å². The minimum absolute atomic E-state index is 0.0895. The number of aryl methyl sites for hydroxylation is 3. The van der Waals surface area contributed by atoms with E-state index in [1.54, 1.807) is 31.2 Å². The Morgan fingerprint density at radius 1 is 1.00 bits per heavy atom. The van der Waals surface area contributed by atoms with Crippen LogP contribution >= 0.6 is 23.2 Å². The lowest BCUT2D eigenvalue weighted by molar-refractivity contribution is -0.386. The number of rotatable bonds is 3. The van der Waals surface area contributed by atoms with Crippen molar-refractivity contribution < 1.29 is 9.66 Å². The van der Waals surface area contributed by atoms with Crippen molar-refractivity contribution in [3.05, 3.63) is 61.1 Å². The molecule has 0 saturated heterocycles. The van der Waals surface area contributed by atoms with Crippen LogP contribution in [-0.4, -0.2) is 4.92 Å². The van der Waals surface area contributed by atoms with Gasteiger partial charge in [-0.3, -0.25) is 10.1 Å². The Bertz CT molecular complexity index is 706. The van der Waals surface area contributed by atoms with Crippen LogP contribution in [0.1, 0.15) is 16.7 Å². The smallest absolute Gasteiger partial charge is 0.314 e. The highest BCUT2D eigenvalue weighted by atomic mass is 35.5. The summed E-state index contributed by atoms with van der Waals surface area (Å²) in [7, 11) is 0. The third-order valence-corrected chi connectivity index (χ3v) is 3.51. The first-order valence-electron chi connectivity index (χ1n) is 6.18. The summed E-state index contributed by atoms with van der Waals surface area (Å²) in [6.07, 6.45) is 0. The van der Waals surface area contributed by atoms with Crippen LogP contribution in [-0.2, 0) is 0 Å². The zero-order chi connectivity index (χ0) is 15.7. The van der Waals surface area contributed by atoms with Crippen molar-refractivity contribution in [3.8, 4) is 11.5 Å². The molecular weight excluding hydrogens is 313 g/mol. The van der Waals surface area contributed by atoms with Gasteiger partial charge in [-0.1, -0.05) is 23.2 Å². The molecule has 0 amide bonds. The third kappa shape index (κ3) is 3.28. The van der Waals surface area contributed by atoms with E-state index >= 15 is 0 Å². The van der Waals surface area contributed by atoms with Crippen molar-refractivity contribution in [1.29, 1.82) is 0 Å². The fraction of sp³-hybridized carbons (Fsp3) is 0.200. The first kappa shape index (κ1) is 15.6. The van der Waals surface area contributed by atoms with E-state index < -0.39 is 4.92 Å². The summed E-state index contributed by atoms with van der Waals surface area (Å²) in [5, 5.41) is 11.9. The topological polar surface area (TPSA) is 52.4 Å². The van der Waals surface area contributed by atoms with Gasteiger partial charge in [0.1, 0.15) is 0 Å². The van der Waals surface area contributed by atoms with Crippen LogP contribution in [0, 0.1) is 30.9 Å². The standard InChI is InChI=1S/C15H13Cl2NO3/c1-8-4-10(3)14(18(19)20)13(7-8)21-15-11(16)5-9(2)6-12(15)17/h4-7H,1-3H3. The normalized spacial score (nSPS) is 10.5. The molecule has 110 valence electrons. The van der Waals surface area contributed by atoms with Crippen molar-refractivity contribution in [3.63, 3.8) is 0 Å². The molecule has 0 aromatic heterocycles. The molecule has 0 heterocycles. The molecule has 0 aliphatic rings. The summed E-state index contributed by atoms with van der Waals surface area (Å²) in [4.78, 5) is 10.8. The molecular formula is C15H13Cl2NO3. The second-order valence-electron chi connectivity index (χ2n) is 4.85. The Balaban J connectivity index is 2.57. The molecule has 0 N–H and O–H groups in total. The fourth-order valence-corrected chi connectivity index (χ4v) is 2.80. The monoisotopic (exact) mass is 325 g/mol. The second kappa shape index (κ2) is 5.92. The fourth-order valence-electron chi connectivity index (χ4n) is 2.13. The highest BCUT2D eigenvalue weighted by Gasteiger charge is 2.22. The van der Waals surface area contributed by atoms with Crippen molar-refractivity contribution in [2.45, 2.75) is 20.8 Å². The Hall–Kier alpha value is -1.78. The highest BCUT2D eigenvalue weighted by molar-refractivity contribution is 6.37. The van der Waals surface area contributed by atoms with Crippen molar-refractivity contribution in [2.75, 3.05) is 0 Å². The number of hydrogen-bond acceptors (Lipinski definition) is 3. The minimum atomic E-state index is -0.472. The molecule has 0 spiro atoms. The average Bonchev–Trinajstić information content (AvgIpc) is 2.32. The van der Waals surface area contributed by atoms with E-state index in [4.69, 9.17) is 27.9 Å². The van der Waals surface area contributed by atoms with Crippen molar-refractivity contribution in [1.82, 2.24) is 0 Å². The van der Waals surface area contributed by atoms with E-state index in [0.29, 0.717) is 15.6 Å². The number of nitro benzene ring substituents is 1. The third-order valence-electron chi connectivity index (χ3n) is 2.95. The number of nitro groups is 1. The molecule has 2 aromatic carbocycles. The van der Waals surface area contributed by atoms with E-state index in [2.05, 4.69) is 0 Å². The lowest BCUT2D eigenvalue weighted by atomic mass is 10.1. The van der Waals surface area contributed by atoms with Gasteiger partial charge in [0, 0.05) is 5.56 Å². The molecule has 6 heteroatoms. The number of ether oxygens (including phenoxy) is 1. The predicted molar refractivity (Wildman–Crippen MR) is 83.8 cm³/mol. The van der Waals surface area contributed by atoms with Gasteiger partial charge >= 0.3 is 5.69 Å². The van der Waals surface area contributed by atoms with Gasteiger partial charge in [-0.15, -0.1) is 0 Å². The lowest BCUT2D eigenvalue weighted by Crippen LogP contribution is -1.98. The summed E-state index contributed by atoms with van der Waals surface area (Å²) in [5.74, 6) is 0.349. The largest absolute Gasteiger partial charge is 0.447 e. The van der Waals surface area contributed by atoms with Crippen LogP contribution in [0.5, 0.6) is 11.5 Å². The molecule has 0 radical (unpaired) electrons.